The minimum atomic E-state index is -0.0565. The van der Waals surface area contributed by atoms with Crippen molar-refractivity contribution in [1.82, 2.24) is 15.6 Å². The molecule has 0 spiro atoms. The molecule has 0 unspecified atom stereocenters. The van der Waals surface area contributed by atoms with Crippen LogP contribution in [0.15, 0.2) is 23.1 Å². The fourth-order valence-electron chi connectivity index (χ4n) is 0.999. The summed E-state index contributed by atoms with van der Waals surface area (Å²) in [4.78, 5) is 13.3. The topological polar surface area (TPSA) is 56.9 Å². The molecule has 0 saturated heterocycles. The number of H-pyrrole nitrogens is 1. The molecule has 0 aliphatic rings. The van der Waals surface area contributed by atoms with Gasteiger partial charge in [0.2, 0.25) is 5.56 Å². The Bertz CT molecular complexity index is 275. The van der Waals surface area contributed by atoms with E-state index in [9.17, 15) is 4.79 Å². The molecule has 3 N–H and O–H groups in total. The average Bonchev–Trinajstić information content (AvgIpc) is 2.15. The number of rotatable bonds is 5. The van der Waals surface area contributed by atoms with E-state index in [-0.39, 0.29) is 5.56 Å². The van der Waals surface area contributed by atoms with E-state index in [1.165, 1.54) is 6.07 Å². The zero-order chi connectivity index (χ0) is 9.52. The van der Waals surface area contributed by atoms with Crippen molar-refractivity contribution in [3.63, 3.8) is 0 Å². The van der Waals surface area contributed by atoms with Crippen molar-refractivity contribution in [3.05, 3.63) is 34.2 Å². The van der Waals surface area contributed by atoms with Crippen LogP contribution >= 0.6 is 0 Å². The molecule has 0 aromatic carbocycles. The molecule has 0 atom stereocenters. The third kappa shape index (κ3) is 3.87. The second-order valence-corrected chi connectivity index (χ2v) is 2.84. The highest BCUT2D eigenvalue weighted by atomic mass is 16.1. The van der Waals surface area contributed by atoms with E-state index in [0.29, 0.717) is 0 Å². The number of hydrogen-bond acceptors (Lipinski definition) is 3. The number of pyridine rings is 1. The van der Waals surface area contributed by atoms with E-state index in [2.05, 4.69) is 15.6 Å². The molecule has 1 rings (SSSR count). The summed E-state index contributed by atoms with van der Waals surface area (Å²) in [5.74, 6) is 0. The maximum absolute atomic E-state index is 10.7. The average molecular weight is 181 g/mol. The molecule has 4 nitrogen and oxygen atoms in total. The van der Waals surface area contributed by atoms with E-state index in [0.717, 1.165) is 25.2 Å². The normalized spacial score (nSPS) is 10.2. The van der Waals surface area contributed by atoms with Crippen LogP contribution in [0.3, 0.4) is 0 Å². The Morgan fingerprint density at radius 1 is 1.38 bits per heavy atom. The zero-order valence-corrected chi connectivity index (χ0v) is 7.76. The van der Waals surface area contributed by atoms with Crippen LogP contribution in [-0.2, 0) is 6.54 Å². The van der Waals surface area contributed by atoms with Crippen molar-refractivity contribution in [3.8, 4) is 0 Å². The largest absolute Gasteiger partial charge is 0.329 e. The maximum atomic E-state index is 10.7. The Hall–Kier alpha value is -1.13. The molecule has 1 aromatic heterocycles. The van der Waals surface area contributed by atoms with Crippen LogP contribution in [-0.4, -0.2) is 25.1 Å². The summed E-state index contributed by atoms with van der Waals surface area (Å²) in [6.07, 6.45) is 1.73. The lowest BCUT2D eigenvalue weighted by Gasteiger charge is -2.03. The summed E-state index contributed by atoms with van der Waals surface area (Å²) >= 11 is 0. The number of nitrogens with one attached hydrogen (secondary N) is 3. The fraction of sp³-hybridized carbons (Fsp3) is 0.444. The molecule has 13 heavy (non-hydrogen) atoms. The quantitative estimate of drug-likeness (QED) is 0.546. The van der Waals surface area contributed by atoms with E-state index in [1.54, 1.807) is 6.20 Å². The molecule has 0 aliphatic heterocycles. The van der Waals surface area contributed by atoms with Crippen molar-refractivity contribution < 1.29 is 0 Å². The van der Waals surface area contributed by atoms with Gasteiger partial charge in [0.25, 0.3) is 0 Å². The fourth-order valence-corrected chi connectivity index (χ4v) is 0.999. The number of hydrogen-bond donors (Lipinski definition) is 3. The van der Waals surface area contributed by atoms with Crippen LogP contribution < -0.4 is 16.2 Å². The van der Waals surface area contributed by atoms with Crippen LogP contribution in [0.25, 0.3) is 0 Å². The lowest BCUT2D eigenvalue weighted by molar-refractivity contribution is 0.649. The second-order valence-electron chi connectivity index (χ2n) is 2.84. The highest BCUT2D eigenvalue weighted by Gasteiger charge is 1.90. The Balaban J connectivity index is 2.29. The molecule has 0 radical (unpaired) electrons. The molecule has 1 aromatic rings. The van der Waals surface area contributed by atoms with E-state index < -0.39 is 0 Å². The van der Waals surface area contributed by atoms with Crippen LogP contribution in [0.2, 0.25) is 0 Å². The van der Waals surface area contributed by atoms with Gasteiger partial charge in [-0.1, -0.05) is 6.07 Å². The number of likely N-dealkylation sites (N-methyl/N-ethyl adjacent to an activating group) is 1. The standard InChI is InChI=1S/C9H15N3O/c1-10-4-5-11-6-8-2-3-9(13)12-7-8/h2-3,7,10-11H,4-6H2,1H3,(H,12,13). The van der Waals surface area contributed by atoms with Gasteiger partial charge in [-0.3, -0.25) is 4.79 Å². The van der Waals surface area contributed by atoms with Crippen LogP contribution in [0.1, 0.15) is 5.56 Å². The highest BCUT2D eigenvalue weighted by molar-refractivity contribution is 5.07. The van der Waals surface area contributed by atoms with Crippen molar-refractivity contribution in [2.24, 2.45) is 0 Å². The van der Waals surface area contributed by atoms with Gasteiger partial charge in [0.15, 0.2) is 0 Å². The van der Waals surface area contributed by atoms with E-state index >= 15 is 0 Å². The summed E-state index contributed by atoms with van der Waals surface area (Å²) < 4.78 is 0. The van der Waals surface area contributed by atoms with Gasteiger partial charge in [0, 0.05) is 31.9 Å². The van der Waals surface area contributed by atoms with Gasteiger partial charge in [-0.2, -0.15) is 0 Å². The lowest BCUT2D eigenvalue weighted by atomic mass is 10.3. The summed E-state index contributed by atoms with van der Waals surface area (Å²) in [7, 11) is 1.92. The first-order valence-electron chi connectivity index (χ1n) is 4.36. The van der Waals surface area contributed by atoms with Crippen LogP contribution in [0.5, 0.6) is 0 Å². The Labute approximate surface area is 77.4 Å². The molecule has 0 saturated carbocycles. The molecule has 0 bridgehead atoms. The van der Waals surface area contributed by atoms with Crippen molar-refractivity contribution >= 4 is 0 Å². The summed E-state index contributed by atoms with van der Waals surface area (Å²) in [5, 5.41) is 6.28. The minimum Gasteiger partial charge on any atom is -0.329 e. The van der Waals surface area contributed by atoms with E-state index in [4.69, 9.17) is 0 Å². The van der Waals surface area contributed by atoms with Gasteiger partial charge in [0.05, 0.1) is 0 Å². The third-order valence-corrected chi connectivity index (χ3v) is 1.73. The Kier molecular flexibility index (Phi) is 4.21. The minimum absolute atomic E-state index is 0.0565. The molecule has 0 amide bonds. The van der Waals surface area contributed by atoms with Gasteiger partial charge in [0.1, 0.15) is 0 Å². The molecular weight excluding hydrogens is 166 g/mol. The van der Waals surface area contributed by atoms with Gasteiger partial charge in [-0.05, 0) is 12.6 Å². The number of aromatic amines is 1. The van der Waals surface area contributed by atoms with Gasteiger partial charge in [-0.15, -0.1) is 0 Å². The first-order valence-corrected chi connectivity index (χ1v) is 4.36. The van der Waals surface area contributed by atoms with Crippen molar-refractivity contribution in [2.75, 3.05) is 20.1 Å². The van der Waals surface area contributed by atoms with Crippen molar-refractivity contribution in [2.45, 2.75) is 6.54 Å². The predicted octanol–water partition coefficient (Wildman–Crippen LogP) is -0.316. The predicted molar refractivity (Wildman–Crippen MR) is 52.7 cm³/mol. The lowest BCUT2D eigenvalue weighted by Crippen LogP contribution is -2.24. The Morgan fingerprint density at radius 3 is 2.85 bits per heavy atom. The van der Waals surface area contributed by atoms with Gasteiger partial charge < -0.3 is 15.6 Å². The molecule has 4 heteroatoms. The molecule has 0 fully saturated rings. The Morgan fingerprint density at radius 2 is 2.23 bits per heavy atom. The molecule has 0 aliphatic carbocycles. The SMILES string of the molecule is CNCCNCc1ccc(=O)[nH]c1. The maximum Gasteiger partial charge on any atom is 0.247 e. The summed E-state index contributed by atoms with van der Waals surface area (Å²) in [6, 6.07) is 3.36. The monoisotopic (exact) mass is 181 g/mol. The third-order valence-electron chi connectivity index (χ3n) is 1.73. The zero-order valence-electron chi connectivity index (χ0n) is 7.76. The summed E-state index contributed by atoms with van der Waals surface area (Å²) in [6.45, 7) is 2.66. The molecule has 72 valence electrons. The summed E-state index contributed by atoms with van der Waals surface area (Å²) in [5.41, 5.74) is 1.04. The second kappa shape index (κ2) is 5.50. The van der Waals surface area contributed by atoms with Crippen LogP contribution in [0, 0.1) is 0 Å². The number of aromatic nitrogens is 1. The van der Waals surface area contributed by atoms with Gasteiger partial charge >= 0.3 is 0 Å². The van der Waals surface area contributed by atoms with Crippen LogP contribution in [0.4, 0.5) is 0 Å². The van der Waals surface area contributed by atoms with Gasteiger partial charge in [-0.25, -0.2) is 0 Å². The first kappa shape index (κ1) is 9.95. The first-order chi connectivity index (χ1) is 6.33. The van der Waals surface area contributed by atoms with Crippen molar-refractivity contribution in [1.29, 1.82) is 0 Å². The highest BCUT2D eigenvalue weighted by Crippen LogP contribution is 1.90. The molecule has 1 heterocycles. The molecular formula is C9H15N3O. The van der Waals surface area contributed by atoms with E-state index in [1.807, 2.05) is 13.1 Å². The smallest absolute Gasteiger partial charge is 0.247 e.